The quantitative estimate of drug-likeness (QED) is 0.307. The summed E-state index contributed by atoms with van der Waals surface area (Å²) in [5.74, 6) is -0.500. The molecule has 0 radical (unpaired) electrons. The van der Waals surface area contributed by atoms with Gasteiger partial charge in [0.15, 0.2) is 0 Å². The molecule has 0 aliphatic rings. The van der Waals surface area contributed by atoms with Crippen LogP contribution in [-0.2, 0) is 32.6 Å². The number of sulfonamides is 1. The van der Waals surface area contributed by atoms with Gasteiger partial charge in [0.05, 0.1) is 11.9 Å². The molecule has 0 saturated heterocycles. The Bertz CT molecular complexity index is 1380. The van der Waals surface area contributed by atoms with Gasteiger partial charge in [-0.25, -0.2) is 8.42 Å². The van der Waals surface area contributed by atoms with Gasteiger partial charge in [-0.05, 0) is 62.6 Å². The molecule has 1 unspecified atom stereocenters. The average Bonchev–Trinajstić information content (AvgIpc) is 2.88. The first-order valence-electron chi connectivity index (χ1n) is 13.3. The summed E-state index contributed by atoms with van der Waals surface area (Å²) in [7, 11) is -3.55. The Kier molecular flexibility index (Phi) is 10.8. The molecule has 3 rings (SSSR count). The molecule has 0 bridgehead atoms. The molecule has 0 aliphatic carbocycles. The van der Waals surface area contributed by atoms with E-state index in [1.54, 1.807) is 41.3 Å². The number of nitrogens with one attached hydrogen (secondary N) is 1. The molecule has 0 spiro atoms. The fourth-order valence-electron chi connectivity index (χ4n) is 4.44. The standard InChI is InChI=1S/C31H38ClN3O4S/c1-31(2,3)33-30(37)28(22-24-13-7-5-8-14-24)34(23-25-15-11-16-26(32)21-25)29(36)19-12-20-35(40(4,38)39)27-17-9-6-10-18-27/h5-11,13-18,21,28H,12,19-20,22-23H2,1-4H3,(H,33,37). The van der Waals surface area contributed by atoms with Gasteiger partial charge < -0.3 is 10.2 Å². The average molecular weight is 584 g/mol. The van der Waals surface area contributed by atoms with Crippen molar-refractivity contribution in [3.63, 3.8) is 0 Å². The minimum absolute atomic E-state index is 0.0630. The minimum atomic E-state index is -3.55. The number of amides is 2. The number of anilines is 1. The zero-order chi connectivity index (χ0) is 29.3. The van der Waals surface area contributed by atoms with E-state index in [1.165, 1.54) is 4.31 Å². The lowest BCUT2D eigenvalue weighted by Crippen LogP contribution is -2.54. The molecule has 1 N–H and O–H groups in total. The number of carbonyl (C=O) groups is 2. The van der Waals surface area contributed by atoms with E-state index in [0.717, 1.165) is 17.4 Å². The summed E-state index contributed by atoms with van der Waals surface area (Å²) >= 11 is 6.24. The van der Waals surface area contributed by atoms with Crippen LogP contribution >= 0.6 is 11.6 Å². The van der Waals surface area contributed by atoms with Gasteiger partial charge in [0.2, 0.25) is 21.8 Å². The third-order valence-corrected chi connectivity index (χ3v) is 7.64. The molecular weight excluding hydrogens is 546 g/mol. The predicted molar refractivity (Wildman–Crippen MR) is 162 cm³/mol. The van der Waals surface area contributed by atoms with Gasteiger partial charge >= 0.3 is 0 Å². The van der Waals surface area contributed by atoms with E-state index < -0.39 is 21.6 Å². The molecule has 2 amide bonds. The second-order valence-corrected chi connectivity index (χ2v) is 13.2. The van der Waals surface area contributed by atoms with Gasteiger partial charge in [0.25, 0.3) is 0 Å². The molecular formula is C31H38ClN3O4S. The van der Waals surface area contributed by atoms with Crippen LogP contribution in [0.3, 0.4) is 0 Å². The second-order valence-electron chi connectivity index (χ2n) is 10.9. The summed E-state index contributed by atoms with van der Waals surface area (Å²) in [6.07, 6.45) is 1.83. The third-order valence-electron chi connectivity index (χ3n) is 6.21. The monoisotopic (exact) mass is 583 g/mol. The lowest BCUT2D eigenvalue weighted by atomic mass is 10.00. The zero-order valence-corrected chi connectivity index (χ0v) is 25.1. The van der Waals surface area contributed by atoms with Gasteiger partial charge in [-0.15, -0.1) is 0 Å². The number of para-hydroxylation sites is 1. The molecule has 3 aromatic rings. The number of nitrogens with zero attached hydrogens (tertiary/aromatic N) is 2. The summed E-state index contributed by atoms with van der Waals surface area (Å²) in [5, 5.41) is 3.58. The Labute approximate surface area is 243 Å². The van der Waals surface area contributed by atoms with Crippen molar-refractivity contribution >= 4 is 39.1 Å². The Morgan fingerprint density at radius 1 is 0.900 bits per heavy atom. The van der Waals surface area contributed by atoms with Gasteiger partial charge in [0, 0.05) is 36.5 Å². The number of hydrogen-bond acceptors (Lipinski definition) is 4. The number of benzene rings is 3. The Hall–Kier alpha value is -3.36. The van der Waals surface area contributed by atoms with E-state index in [4.69, 9.17) is 11.6 Å². The fourth-order valence-corrected chi connectivity index (χ4v) is 5.62. The van der Waals surface area contributed by atoms with E-state index in [1.807, 2.05) is 69.3 Å². The highest BCUT2D eigenvalue weighted by molar-refractivity contribution is 7.92. The van der Waals surface area contributed by atoms with E-state index in [2.05, 4.69) is 5.32 Å². The molecule has 0 fully saturated rings. The number of carbonyl (C=O) groups excluding carboxylic acids is 2. The molecule has 0 aromatic heterocycles. The molecule has 7 nitrogen and oxygen atoms in total. The maximum atomic E-state index is 13.8. The Morgan fingerprint density at radius 2 is 1.50 bits per heavy atom. The largest absolute Gasteiger partial charge is 0.350 e. The van der Waals surface area contributed by atoms with Crippen LogP contribution < -0.4 is 9.62 Å². The van der Waals surface area contributed by atoms with Crippen molar-refractivity contribution in [2.24, 2.45) is 0 Å². The first kappa shape index (κ1) is 31.2. The number of rotatable bonds is 12. The SMILES string of the molecule is CC(C)(C)NC(=O)C(Cc1ccccc1)N(Cc1cccc(Cl)c1)C(=O)CCCN(c1ccccc1)S(C)(=O)=O. The van der Waals surface area contributed by atoms with Gasteiger partial charge in [0.1, 0.15) is 6.04 Å². The van der Waals surface area contributed by atoms with Crippen LogP contribution in [0.5, 0.6) is 0 Å². The first-order valence-corrected chi connectivity index (χ1v) is 15.5. The second kappa shape index (κ2) is 13.8. The van der Waals surface area contributed by atoms with Crippen LogP contribution in [0, 0.1) is 0 Å². The van der Waals surface area contributed by atoms with E-state index in [-0.39, 0.29) is 37.7 Å². The molecule has 1 atom stereocenters. The Morgan fingerprint density at radius 3 is 2.08 bits per heavy atom. The smallest absolute Gasteiger partial charge is 0.243 e. The highest BCUT2D eigenvalue weighted by Gasteiger charge is 2.32. The molecule has 0 aliphatic heterocycles. The zero-order valence-electron chi connectivity index (χ0n) is 23.5. The van der Waals surface area contributed by atoms with Crippen molar-refractivity contribution in [3.8, 4) is 0 Å². The van der Waals surface area contributed by atoms with Crippen LogP contribution in [0.25, 0.3) is 0 Å². The van der Waals surface area contributed by atoms with Crippen molar-refractivity contribution in [1.82, 2.24) is 10.2 Å². The van der Waals surface area contributed by atoms with Crippen LogP contribution in [0.1, 0.15) is 44.7 Å². The summed E-state index contributed by atoms with van der Waals surface area (Å²) in [6, 6.07) is 24.8. The van der Waals surface area contributed by atoms with Crippen molar-refractivity contribution in [2.45, 2.75) is 58.2 Å². The summed E-state index contributed by atoms with van der Waals surface area (Å²) in [5.41, 5.74) is 1.76. The number of hydrogen-bond donors (Lipinski definition) is 1. The van der Waals surface area contributed by atoms with E-state index in [0.29, 0.717) is 17.1 Å². The van der Waals surface area contributed by atoms with Gasteiger partial charge in [-0.3, -0.25) is 13.9 Å². The van der Waals surface area contributed by atoms with Crippen molar-refractivity contribution in [3.05, 3.63) is 101 Å². The molecule has 214 valence electrons. The predicted octanol–water partition coefficient (Wildman–Crippen LogP) is 5.44. The van der Waals surface area contributed by atoms with Crippen LogP contribution in [-0.4, -0.2) is 49.5 Å². The first-order chi connectivity index (χ1) is 18.8. The molecule has 9 heteroatoms. The normalized spacial score (nSPS) is 12.4. The van der Waals surface area contributed by atoms with Crippen molar-refractivity contribution in [2.75, 3.05) is 17.1 Å². The maximum Gasteiger partial charge on any atom is 0.243 e. The third kappa shape index (κ3) is 9.68. The molecule has 3 aromatic carbocycles. The lowest BCUT2D eigenvalue weighted by Gasteiger charge is -2.34. The topological polar surface area (TPSA) is 86.8 Å². The minimum Gasteiger partial charge on any atom is -0.350 e. The van der Waals surface area contributed by atoms with Crippen LogP contribution in [0.15, 0.2) is 84.9 Å². The molecule has 0 saturated carbocycles. The van der Waals surface area contributed by atoms with Crippen molar-refractivity contribution < 1.29 is 18.0 Å². The fraction of sp³-hybridized carbons (Fsp3) is 0.355. The molecule has 40 heavy (non-hydrogen) atoms. The van der Waals surface area contributed by atoms with E-state index in [9.17, 15) is 18.0 Å². The summed E-state index contributed by atoms with van der Waals surface area (Å²) < 4.78 is 26.3. The highest BCUT2D eigenvalue weighted by Crippen LogP contribution is 2.21. The molecule has 0 heterocycles. The highest BCUT2D eigenvalue weighted by atomic mass is 35.5. The summed E-state index contributed by atoms with van der Waals surface area (Å²) in [6.45, 7) is 6.02. The Balaban J connectivity index is 1.90. The van der Waals surface area contributed by atoms with Crippen molar-refractivity contribution in [1.29, 1.82) is 0 Å². The summed E-state index contributed by atoms with van der Waals surface area (Å²) in [4.78, 5) is 29.1. The maximum absolute atomic E-state index is 13.8. The van der Waals surface area contributed by atoms with E-state index >= 15 is 0 Å². The number of halogens is 1. The van der Waals surface area contributed by atoms with Crippen LogP contribution in [0.4, 0.5) is 5.69 Å². The van der Waals surface area contributed by atoms with Gasteiger partial charge in [-0.2, -0.15) is 0 Å². The van der Waals surface area contributed by atoms with Crippen LogP contribution in [0.2, 0.25) is 5.02 Å². The lowest BCUT2D eigenvalue weighted by molar-refractivity contribution is -0.142. The van der Waals surface area contributed by atoms with Gasteiger partial charge in [-0.1, -0.05) is 72.3 Å².